The maximum atomic E-state index is 15.2. The van der Waals surface area contributed by atoms with Crippen molar-refractivity contribution in [1.82, 2.24) is 0 Å². The van der Waals surface area contributed by atoms with Gasteiger partial charge in [-0.3, -0.25) is 19.2 Å². The number of phenols is 1. The Morgan fingerprint density at radius 1 is 0.860 bits per heavy atom. The number of anilines is 2. The third-order valence-electron chi connectivity index (χ3n) is 10.8. The number of allylic oxidation sites excluding steroid dienone is 2. The number of aromatic carboxylic acids is 1. The summed E-state index contributed by atoms with van der Waals surface area (Å²) in [6, 6.07) is 22.3. The first kappa shape index (κ1) is 31.7. The lowest BCUT2D eigenvalue weighted by Gasteiger charge is -2.49. The van der Waals surface area contributed by atoms with Gasteiger partial charge in [0, 0.05) is 11.1 Å². The Morgan fingerprint density at radius 2 is 1.62 bits per heavy atom. The number of aliphatic hydroxyl groups excluding tert-OH is 1. The molecule has 4 amide bonds. The maximum absolute atomic E-state index is 15.2. The number of carboxylic acids is 1. The van der Waals surface area contributed by atoms with E-state index in [4.69, 9.17) is 16.0 Å². The zero-order valence-corrected chi connectivity index (χ0v) is 27.0. The van der Waals surface area contributed by atoms with Crippen molar-refractivity contribution >= 4 is 52.6 Å². The molecule has 3 fully saturated rings. The predicted molar refractivity (Wildman–Crippen MR) is 178 cm³/mol. The van der Waals surface area contributed by atoms with E-state index < -0.39 is 77.0 Å². The number of fused-ring (bicyclic) bond motifs is 4. The lowest BCUT2D eigenvalue weighted by atomic mass is 9.50. The van der Waals surface area contributed by atoms with Crippen LogP contribution in [-0.4, -0.2) is 44.9 Å². The van der Waals surface area contributed by atoms with Gasteiger partial charge in [0.05, 0.1) is 35.0 Å². The van der Waals surface area contributed by atoms with Gasteiger partial charge in [-0.15, -0.1) is 0 Å². The van der Waals surface area contributed by atoms with Crippen LogP contribution in [0.4, 0.5) is 11.4 Å². The first-order chi connectivity index (χ1) is 24.1. The molecule has 0 bridgehead atoms. The van der Waals surface area contributed by atoms with Gasteiger partial charge in [-0.2, -0.15) is 0 Å². The maximum Gasteiger partial charge on any atom is 0.339 e. The van der Waals surface area contributed by atoms with Crippen molar-refractivity contribution in [3.05, 3.63) is 124 Å². The molecule has 11 nitrogen and oxygen atoms in total. The highest BCUT2D eigenvalue weighted by Gasteiger charge is 2.71. The molecule has 0 radical (unpaired) electrons. The van der Waals surface area contributed by atoms with Crippen molar-refractivity contribution in [2.75, 3.05) is 9.80 Å². The third kappa shape index (κ3) is 4.36. The number of carboxylic acid groups (broad SMARTS) is 1. The lowest BCUT2D eigenvalue weighted by molar-refractivity contribution is -0.127. The molecule has 4 aromatic rings. The van der Waals surface area contributed by atoms with Gasteiger partial charge in [-0.25, -0.2) is 14.6 Å². The normalized spacial score (nSPS) is 27.2. The van der Waals surface area contributed by atoms with Gasteiger partial charge in [0.1, 0.15) is 34.9 Å². The minimum absolute atomic E-state index is 0.0299. The molecule has 2 saturated heterocycles. The minimum Gasteiger partial charge on any atom is -0.507 e. The van der Waals surface area contributed by atoms with Crippen LogP contribution in [0.1, 0.15) is 46.2 Å². The molecule has 0 spiro atoms. The van der Waals surface area contributed by atoms with E-state index >= 15 is 4.79 Å². The number of hydrogen-bond acceptors (Lipinski definition) is 8. The molecule has 6 atom stereocenters. The molecule has 12 heteroatoms. The largest absolute Gasteiger partial charge is 0.507 e. The first-order valence-corrected chi connectivity index (χ1v) is 16.5. The molecule has 3 aromatic carbocycles. The van der Waals surface area contributed by atoms with E-state index in [9.17, 15) is 34.5 Å². The van der Waals surface area contributed by atoms with E-state index in [1.54, 1.807) is 60.7 Å². The number of furan rings is 1. The SMILES string of the molecule is O=C(O)c1ccc(N2C(=O)[C@H]3[C@H](CC=C4[C@H]3C[C@H]3C(=O)N(c5cccc(Cl)c5)C(=O)[C@@]3(c3ccccc3)[C@H]4c3ccc(CO)o3)C2=O)cc1O. The van der Waals surface area contributed by atoms with Crippen LogP contribution in [0.15, 0.2) is 101 Å². The zero-order chi connectivity index (χ0) is 35.1. The van der Waals surface area contributed by atoms with Gasteiger partial charge in [0.15, 0.2) is 0 Å². The topological polar surface area (TPSA) is 166 Å². The summed E-state index contributed by atoms with van der Waals surface area (Å²) in [7, 11) is 0. The molecule has 4 aliphatic rings. The number of imide groups is 2. The van der Waals surface area contributed by atoms with Crippen LogP contribution in [0.2, 0.25) is 5.02 Å². The fraction of sp³-hybridized carbons (Fsp3) is 0.237. The molecule has 2 aliphatic heterocycles. The molecular weight excluding hydrogens is 664 g/mol. The Hall–Kier alpha value is -5.52. The second kappa shape index (κ2) is 11.5. The molecule has 50 heavy (non-hydrogen) atoms. The summed E-state index contributed by atoms with van der Waals surface area (Å²) in [6.45, 7) is -0.404. The second-order valence-corrected chi connectivity index (χ2v) is 13.5. The van der Waals surface area contributed by atoms with Gasteiger partial charge in [-0.1, -0.05) is 59.6 Å². The summed E-state index contributed by atoms with van der Waals surface area (Å²) in [5, 5.41) is 30.1. The van der Waals surface area contributed by atoms with Crippen molar-refractivity contribution in [2.24, 2.45) is 23.7 Å². The summed E-state index contributed by atoms with van der Waals surface area (Å²) in [5.41, 5.74) is -0.330. The number of carbonyl (C=O) groups excluding carboxylic acids is 4. The van der Waals surface area contributed by atoms with Crippen molar-refractivity contribution in [1.29, 1.82) is 0 Å². The lowest BCUT2D eigenvalue weighted by Crippen LogP contribution is -2.53. The molecule has 2 aliphatic carbocycles. The number of rotatable bonds is 6. The van der Waals surface area contributed by atoms with E-state index in [0.717, 1.165) is 21.9 Å². The third-order valence-corrected chi connectivity index (χ3v) is 11.0. The van der Waals surface area contributed by atoms with Gasteiger partial charge in [0.25, 0.3) is 0 Å². The van der Waals surface area contributed by atoms with Crippen LogP contribution in [0, 0.1) is 23.7 Å². The van der Waals surface area contributed by atoms with Gasteiger partial charge < -0.3 is 19.7 Å². The minimum atomic E-state index is -1.52. The molecule has 1 aromatic heterocycles. The van der Waals surface area contributed by atoms with Crippen LogP contribution >= 0.6 is 11.6 Å². The summed E-state index contributed by atoms with van der Waals surface area (Å²) < 4.78 is 6.18. The highest BCUT2D eigenvalue weighted by molar-refractivity contribution is 6.32. The average Bonchev–Trinajstić information content (AvgIpc) is 3.75. The number of benzene rings is 3. The zero-order valence-electron chi connectivity index (χ0n) is 26.2. The molecule has 0 unspecified atom stereocenters. The van der Waals surface area contributed by atoms with Crippen molar-refractivity contribution < 1.29 is 43.7 Å². The van der Waals surface area contributed by atoms with Crippen molar-refractivity contribution in [2.45, 2.75) is 30.8 Å². The number of hydrogen-bond donors (Lipinski definition) is 3. The quantitative estimate of drug-likeness (QED) is 0.182. The monoisotopic (exact) mass is 692 g/mol. The molecule has 3 heterocycles. The Balaban J connectivity index is 1.31. The summed E-state index contributed by atoms with van der Waals surface area (Å²) in [4.78, 5) is 71.9. The van der Waals surface area contributed by atoms with Gasteiger partial charge in [-0.05, 0) is 66.8 Å². The summed E-state index contributed by atoms with van der Waals surface area (Å²) in [5.74, 6) is -7.70. The van der Waals surface area contributed by atoms with E-state index in [-0.39, 0.29) is 29.9 Å². The first-order valence-electron chi connectivity index (χ1n) is 16.1. The summed E-state index contributed by atoms with van der Waals surface area (Å²) in [6.07, 6.45) is 2.08. The number of halogens is 1. The number of amides is 4. The fourth-order valence-electron chi connectivity index (χ4n) is 8.78. The van der Waals surface area contributed by atoms with Crippen molar-refractivity contribution in [3.8, 4) is 5.75 Å². The van der Waals surface area contributed by atoms with Crippen LogP contribution in [-0.2, 0) is 31.2 Å². The highest BCUT2D eigenvalue weighted by atomic mass is 35.5. The molecule has 1 saturated carbocycles. The molecule has 252 valence electrons. The Kier molecular flexibility index (Phi) is 7.32. The van der Waals surface area contributed by atoms with E-state index in [0.29, 0.717) is 27.6 Å². The number of nitrogens with zero attached hydrogens (tertiary/aromatic N) is 2. The van der Waals surface area contributed by atoms with Crippen molar-refractivity contribution in [3.63, 3.8) is 0 Å². The van der Waals surface area contributed by atoms with E-state index in [1.807, 2.05) is 12.1 Å². The smallest absolute Gasteiger partial charge is 0.339 e. The summed E-state index contributed by atoms with van der Waals surface area (Å²) >= 11 is 6.34. The van der Waals surface area contributed by atoms with Crippen LogP contribution in [0.25, 0.3) is 0 Å². The van der Waals surface area contributed by atoms with Gasteiger partial charge in [0.2, 0.25) is 23.6 Å². The van der Waals surface area contributed by atoms with Crippen LogP contribution in [0.5, 0.6) is 5.75 Å². The Bertz CT molecular complexity index is 2160. The number of carbonyl (C=O) groups is 5. The van der Waals surface area contributed by atoms with Crippen LogP contribution in [0.3, 0.4) is 0 Å². The predicted octanol–water partition coefficient (Wildman–Crippen LogP) is 5.20. The highest BCUT2D eigenvalue weighted by Crippen LogP contribution is 2.64. The van der Waals surface area contributed by atoms with Crippen LogP contribution < -0.4 is 9.80 Å². The van der Waals surface area contributed by atoms with Gasteiger partial charge >= 0.3 is 5.97 Å². The Labute approximate surface area is 290 Å². The standard InChI is InChI=1S/C38H29ClN2O9/c39-20-7-4-8-21(15-20)41-34(45)28-17-27-24(32(30-14-10-23(18-42)50-30)38(28,37(41)49)19-5-2-1-3-6-19)12-13-26-31(27)35(46)40(33(26)44)22-9-11-25(36(47)48)29(43)16-22/h1-12,14-16,26-28,31-32,42-43H,13,17-18H2,(H,47,48)/t26-,27+,28-,31-,32+,38+/m0/s1. The number of aromatic hydroxyl groups is 1. The Morgan fingerprint density at radius 3 is 2.30 bits per heavy atom. The number of aliphatic hydroxyl groups is 1. The molecular formula is C38H29ClN2O9. The van der Waals surface area contributed by atoms with E-state index in [1.165, 1.54) is 6.07 Å². The van der Waals surface area contributed by atoms with E-state index in [2.05, 4.69) is 0 Å². The second-order valence-electron chi connectivity index (χ2n) is 13.1. The average molecular weight is 693 g/mol. The molecule has 8 rings (SSSR count). The fourth-order valence-corrected chi connectivity index (χ4v) is 8.97. The molecule has 3 N–H and O–H groups in total.